The molecule has 1 aromatic rings. The van der Waals surface area contributed by atoms with Crippen LogP contribution in [0.3, 0.4) is 0 Å². The first-order valence-corrected chi connectivity index (χ1v) is 5.66. The van der Waals surface area contributed by atoms with Gasteiger partial charge in [0.15, 0.2) is 0 Å². The van der Waals surface area contributed by atoms with E-state index in [0.29, 0.717) is 0 Å². The number of morpholine rings is 1. The molecule has 0 radical (unpaired) electrons. The second-order valence-electron chi connectivity index (χ2n) is 4.11. The third kappa shape index (κ3) is 2.23. The third-order valence-electron chi connectivity index (χ3n) is 3.12. The van der Waals surface area contributed by atoms with Crippen molar-refractivity contribution in [1.82, 2.24) is 19.9 Å². The van der Waals surface area contributed by atoms with Gasteiger partial charge in [0.25, 0.3) is 0 Å². The number of aryl methyl sites for hydroxylation is 1. The molecular weight excluding hydrogens is 206 g/mol. The van der Waals surface area contributed by atoms with E-state index < -0.39 is 0 Å². The molecule has 1 aliphatic rings. The Labute approximate surface area is 95.4 Å². The van der Waals surface area contributed by atoms with Crippen LogP contribution in [0, 0.1) is 0 Å². The van der Waals surface area contributed by atoms with Gasteiger partial charge in [0.05, 0.1) is 30.6 Å². The van der Waals surface area contributed by atoms with E-state index in [1.165, 1.54) is 0 Å². The monoisotopic (exact) mass is 225 g/mol. The minimum absolute atomic E-state index is 0.0332. The number of nitrogens with two attached hydrogens (primary N) is 1. The molecule has 2 unspecified atom stereocenters. The molecule has 2 N–H and O–H groups in total. The summed E-state index contributed by atoms with van der Waals surface area (Å²) in [7, 11) is 1.85. The fourth-order valence-electron chi connectivity index (χ4n) is 2.03. The van der Waals surface area contributed by atoms with Crippen molar-refractivity contribution in [2.45, 2.75) is 19.1 Å². The average Bonchev–Trinajstić information content (AvgIpc) is 2.74. The van der Waals surface area contributed by atoms with Crippen molar-refractivity contribution in [1.29, 1.82) is 0 Å². The SMILES string of the molecule is CCN1CCOC(C(N)c2cnnn2C)C1. The first kappa shape index (κ1) is 11.5. The summed E-state index contributed by atoms with van der Waals surface area (Å²) in [6, 6.07) is -0.158. The van der Waals surface area contributed by atoms with Crippen molar-refractivity contribution >= 4 is 0 Å². The largest absolute Gasteiger partial charge is 0.374 e. The highest BCUT2D eigenvalue weighted by Gasteiger charge is 2.27. The van der Waals surface area contributed by atoms with Crippen molar-refractivity contribution in [3.8, 4) is 0 Å². The number of hydrogen-bond donors (Lipinski definition) is 1. The summed E-state index contributed by atoms with van der Waals surface area (Å²) in [6.45, 7) is 5.80. The van der Waals surface area contributed by atoms with Crippen LogP contribution in [0.2, 0.25) is 0 Å². The molecule has 6 nitrogen and oxygen atoms in total. The summed E-state index contributed by atoms with van der Waals surface area (Å²) in [4.78, 5) is 2.35. The van der Waals surface area contributed by atoms with E-state index in [-0.39, 0.29) is 12.1 Å². The molecule has 1 fully saturated rings. The van der Waals surface area contributed by atoms with Gasteiger partial charge in [-0.05, 0) is 6.54 Å². The standard InChI is InChI=1S/C10H19N5O/c1-3-15-4-5-16-9(7-15)10(11)8-6-12-13-14(8)2/h6,9-10H,3-5,7,11H2,1-2H3. The molecule has 1 aliphatic heterocycles. The Balaban J connectivity index is 2.04. The first-order chi connectivity index (χ1) is 7.72. The minimum atomic E-state index is -0.158. The molecule has 0 bridgehead atoms. The Morgan fingerprint density at radius 1 is 1.69 bits per heavy atom. The van der Waals surface area contributed by atoms with Gasteiger partial charge >= 0.3 is 0 Å². The normalized spacial score (nSPS) is 24.6. The van der Waals surface area contributed by atoms with Crippen molar-refractivity contribution < 1.29 is 4.74 Å². The van der Waals surface area contributed by atoms with Gasteiger partial charge in [-0.25, -0.2) is 0 Å². The molecule has 0 saturated carbocycles. The Hall–Kier alpha value is -0.980. The zero-order chi connectivity index (χ0) is 11.5. The Bertz CT molecular complexity index is 340. The van der Waals surface area contributed by atoms with Gasteiger partial charge in [-0.15, -0.1) is 5.10 Å². The van der Waals surface area contributed by atoms with Crippen LogP contribution in [0.15, 0.2) is 6.20 Å². The van der Waals surface area contributed by atoms with Gasteiger partial charge in [0.2, 0.25) is 0 Å². The molecule has 2 heterocycles. The summed E-state index contributed by atoms with van der Waals surface area (Å²) in [6.07, 6.45) is 1.74. The molecule has 0 spiro atoms. The molecular formula is C10H19N5O. The zero-order valence-corrected chi connectivity index (χ0v) is 9.83. The zero-order valence-electron chi connectivity index (χ0n) is 9.83. The number of likely N-dealkylation sites (N-methyl/N-ethyl adjacent to an activating group) is 1. The summed E-state index contributed by atoms with van der Waals surface area (Å²) in [5.41, 5.74) is 7.10. The highest BCUT2D eigenvalue weighted by atomic mass is 16.5. The van der Waals surface area contributed by atoms with E-state index in [1.807, 2.05) is 7.05 Å². The number of aromatic nitrogens is 3. The van der Waals surface area contributed by atoms with Crippen molar-refractivity contribution in [3.05, 3.63) is 11.9 Å². The van der Waals surface area contributed by atoms with Gasteiger partial charge in [0.1, 0.15) is 0 Å². The maximum Gasteiger partial charge on any atom is 0.0910 e. The maximum absolute atomic E-state index is 6.18. The second kappa shape index (κ2) is 4.90. The number of ether oxygens (including phenoxy) is 1. The fraction of sp³-hybridized carbons (Fsp3) is 0.800. The number of hydrogen-bond acceptors (Lipinski definition) is 5. The molecule has 2 atom stereocenters. The topological polar surface area (TPSA) is 69.2 Å². The van der Waals surface area contributed by atoms with Gasteiger partial charge < -0.3 is 10.5 Å². The second-order valence-corrected chi connectivity index (χ2v) is 4.11. The van der Waals surface area contributed by atoms with Gasteiger partial charge in [-0.1, -0.05) is 12.1 Å². The fourth-order valence-corrected chi connectivity index (χ4v) is 2.03. The van der Waals surface area contributed by atoms with Crippen LogP contribution in [0.5, 0.6) is 0 Å². The Kier molecular flexibility index (Phi) is 3.52. The predicted molar refractivity (Wildman–Crippen MR) is 59.8 cm³/mol. The average molecular weight is 225 g/mol. The van der Waals surface area contributed by atoms with Crippen LogP contribution in [-0.4, -0.2) is 52.2 Å². The van der Waals surface area contributed by atoms with E-state index in [0.717, 1.165) is 31.9 Å². The van der Waals surface area contributed by atoms with Crippen molar-refractivity contribution in [2.24, 2.45) is 12.8 Å². The summed E-state index contributed by atoms with van der Waals surface area (Å²) >= 11 is 0. The van der Waals surface area contributed by atoms with Crippen LogP contribution in [-0.2, 0) is 11.8 Å². The van der Waals surface area contributed by atoms with Gasteiger partial charge in [-0.3, -0.25) is 9.58 Å². The molecule has 16 heavy (non-hydrogen) atoms. The van der Waals surface area contributed by atoms with E-state index in [1.54, 1.807) is 10.9 Å². The number of rotatable bonds is 3. The Morgan fingerprint density at radius 2 is 2.50 bits per heavy atom. The molecule has 1 saturated heterocycles. The maximum atomic E-state index is 6.18. The highest BCUT2D eigenvalue weighted by molar-refractivity contribution is 5.04. The van der Waals surface area contributed by atoms with E-state index in [9.17, 15) is 0 Å². The van der Waals surface area contributed by atoms with E-state index in [2.05, 4.69) is 22.1 Å². The lowest BCUT2D eigenvalue weighted by atomic mass is 10.1. The molecule has 0 amide bonds. The van der Waals surface area contributed by atoms with E-state index in [4.69, 9.17) is 10.5 Å². The quantitative estimate of drug-likeness (QED) is 0.753. The summed E-state index contributed by atoms with van der Waals surface area (Å²) in [5, 5.41) is 7.73. The van der Waals surface area contributed by atoms with Crippen LogP contribution in [0.4, 0.5) is 0 Å². The lowest BCUT2D eigenvalue weighted by molar-refractivity contribution is -0.0403. The van der Waals surface area contributed by atoms with Crippen LogP contribution < -0.4 is 5.73 Å². The lowest BCUT2D eigenvalue weighted by Crippen LogP contribution is -2.47. The van der Waals surface area contributed by atoms with E-state index >= 15 is 0 Å². The van der Waals surface area contributed by atoms with Crippen LogP contribution in [0.25, 0.3) is 0 Å². The van der Waals surface area contributed by atoms with Crippen molar-refractivity contribution in [2.75, 3.05) is 26.2 Å². The minimum Gasteiger partial charge on any atom is -0.374 e. The molecule has 6 heteroatoms. The van der Waals surface area contributed by atoms with Crippen molar-refractivity contribution in [3.63, 3.8) is 0 Å². The molecule has 0 aliphatic carbocycles. The molecule has 90 valence electrons. The lowest BCUT2D eigenvalue weighted by Gasteiger charge is -2.34. The predicted octanol–water partition coefficient (Wildman–Crippen LogP) is -0.464. The van der Waals surface area contributed by atoms with Crippen LogP contribution >= 0.6 is 0 Å². The Morgan fingerprint density at radius 3 is 3.12 bits per heavy atom. The summed E-state index contributed by atoms with van der Waals surface area (Å²) in [5.74, 6) is 0. The number of nitrogens with zero attached hydrogens (tertiary/aromatic N) is 4. The molecule has 2 rings (SSSR count). The summed E-state index contributed by atoms with van der Waals surface area (Å²) < 4.78 is 7.42. The first-order valence-electron chi connectivity index (χ1n) is 5.66. The molecule has 1 aromatic heterocycles. The van der Waals surface area contributed by atoms with Crippen LogP contribution in [0.1, 0.15) is 18.7 Å². The van der Waals surface area contributed by atoms with Gasteiger partial charge in [-0.2, -0.15) is 0 Å². The molecule has 0 aromatic carbocycles. The smallest absolute Gasteiger partial charge is 0.0910 e. The third-order valence-corrected chi connectivity index (χ3v) is 3.12. The van der Waals surface area contributed by atoms with Gasteiger partial charge in [0, 0.05) is 20.1 Å². The highest BCUT2D eigenvalue weighted by Crippen LogP contribution is 2.18.